The van der Waals surface area contributed by atoms with Gasteiger partial charge in [-0.15, -0.1) is 5.10 Å². The van der Waals surface area contributed by atoms with Crippen molar-refractivity contribution in [3.8, 4) is 17.3 Å². The van der Waals surface area contributed by atoms with Crippen LogP contribution in [0, 0.1) is 16.7 Å². The Morgan fingerprint density at radius 2 is 2.24 bits per heavy atom. The number of hydrogen-bond acceptors (Lipinski definition) is 6. The van der Waals surface area contributed by atoms with Crippen molar-refractivity contribution in [3.63, 3.8) is 0 Å². The summed E-state index contributed by atoms with van der Waals surface area (Å²) in [7, 11) is 0. The molecule has 0 aliphatic rings. The van der Waals surface area contributed by atoms with Crippen molar-refractivity contribution >= 4 is 11.5 Å². The summed E-state index contributed by atoms with van der Waals surface area (Å²) in [5.74, 6) is 0.430. The standard InChI is InChI=1S/C17H18N6O2/c1-17(2,10-24)9-19-14-15-21-22-16(25)23(15)8-13(20-14)12-5-3-4-11(6-12)7-18/h3-6,8,24H,9-10H2,1-2H3,(H,19,20)(H,22,25). The molecule has 3 aromatic rings. The molecule has 0 aliphatic heterocycles. The Morgan fingerprint density at radius 1 is 1.44 bits per heavy atom. The van der Waals surface area contributed by atoms with Gasteiger partial charge in [0.25, 0.3) is 0 Å². The SMILES string of the molecule is CC(C)(CO)CNc1nc(-c2cccc(C#N)c2)cn2c(=O)[nH]nc12. The number of rotatable bonds is 5. The largest absolute Gasteiger partial charge is 0.396 e. The maximum Gasteiger partial charge on any atom is 0.347 e. The molecule has 0 amide bonds. The van der Waals surface area contributed by atoms with Crippen molar-refractivity contribution in [2.75, 3.05) is 18.5 Å². The van der Waals surface area contributed by atoms with E-state index in [1.54, 1.807) is 24.4 Å². The summed E-state index contributed by atoms with van der Waals surface area (Å²) >= 11 is 0. The summed E-state index contributed by atoms with van der Waals surface area (Å²) in [6, 6.07) is 9.09. The quantitative estimate of drug-likeness (QED) is 0.647. The van der Waals surface area contributed by atoms with E-state index >= 15 is 0 Å². The summed E-state index contributed by atoms with van der Waals surface area (Å²) in [5.41, 5.74) is 1.41. The predicted molar refractivity (Wildman–Crippen MR) is 93.1 cm³/mol. The van der Waals surface area contributed by atoms with Crippen LogP contribution >= 0.6 is 0 Å². The van der Waals surface area contributed by atoms with Gasteiger partial charge < -0.3 is 10.4 Å². The topological polar surface area (TPSA) is 119 Å². The number of nitriles is 1. The molecule has 0 fully saturated rings. The number of aliphatic hydroxyl groups excluding tert-OH is 1. The highest BCUT2D eigenvalue weighted by atomic mass is 16.3. The minimum Gasteiger partial charge on any atom is -0.396 e. The highest BCUT2D eigenvalue weighted by molar-refractivity contribution is 5.69. The summed E-state index contributed by atoms with van der Waals surface area (Å²) in [4.78, 5) is 16.5. The van der Waals surface area contributed by atoms with E-state index < -0.39 is 0 Å². The molecule has 0 unspecified atom stereocenters. The van der Waals surface area contributed by atoms with Crippen LogP contribution in [0.3, 0.4) is 0 Å². The average Bonchev–Trinajstić information content (AvgIpc) is 3.01. The lowest BCUT2D eigenvalue weighted by Crippen LogP contribution is -2.27. The first kappa shape index (κ1) is 16.7. The summed E-state index contributed by atoms with van der Waals surface area (Å²) in [6.07, 6.45) is 1.58. The Kier molecular flexibility index (Phi) is 4.25. The first-order chi connectivity index (χ1) is 11.9. The van der Waals surface area contributed by atoms with Crippen LogP contribution in [-0.2, 0) is 0 Å². The van der Waals surface area contributed by atoms with Gasteiger partial charge in [-0.3, -0.25) is 0 Å². The van der Waals surface area contributed by atoms with Gasteiger partial charge in [-0.05, 0) is 12.1 Å². The first-order valence-electron chi connectivity index (χ1n) is 7.76. The lowest BCUT2D eigenvalue weighted by molar-refractivity contribution is 0.171. The number of fused-ring (bicyclic) bond motifs is 1. The number of anilines is 1. The van der Waals surface area contributed by atoms with Crippen molar-refractivity contribution < 1.29 is 5.11 Å². The lowest BCUT2D eigenvalue weighted by Gasteiger charge is -2.22. The molecule has 0 atom stereocenters. The predicted octanol–water partition coefficient (Wildman–Crippen LogP) is 1.39. The fourth-order valence-electron chi connectivity index (χ4n) is 2.30. The van der Waals surface area contributed by atoms with Crippen molar-refractivity contribution in [2.45, 2.75) is 13.8 Å². The van der Waals surface area contributed by atoms with Crippen molar-refractivity contribution in [1.82, 2.24) is 19.6 Å². The van der Waals surface area contributed by atoms with Gasteiger partial charge in [0.05, 0.1) is 17.3 Å². The van der Waals surface area contributed by atoms with Gasteiger partial charge >= 0.3 is 5.69 Å². The third-order valence-electron chi connectivity index (χ3n) is 3.85. The second kappa shape index (κ2) is 6.37. The molecule has 8 heteroatoms. The molecule has 1 aromatic carbocycles. The van der Waals surface area contributed by atoms with Gasteiger partial charge in [-0.1, -0.05) is 26.0 Å². The van der Waals surface area contributed by atoms with E-state index in [0.717, 1.165) is 5.56 Å². The Morgan fingerprint density at radius 3 is 2.96 bits per heavy atom. The van der Waals surface area contributed by atoms with Gasteiger partial charge in [-0.25, -0.2) is 19.3 Å². The second-order valence-electron chi connectivity index (χ2n) is 6.57. The zero-order valence-corrected chi connectivity index (χ0v) is 13.9. The van der Waals surface area contributed by atoms with Crippen LogP contribution in [0.15, 0.2) is 35.3 Å². The van der Waals surface area contributed by atoms with Crippen LogP contribution in [-0.4, -0.2) is 37.8 Å². The molecule has 0 saturated carbocycles. The fourth-order valence-corrected chi connectivity index (χ4v) is 2.30. The fraction of sp³-hybridized carbons (Fsp3) is 0.294. The van der Waals surface area contributed by atoms with E-state index in [1.807, 2.05) is 19.9 Å². The molecule has 0 bridgehead atoms. The van der Waals surface area contributed by atoms with E-state index in [1.165, 1.54) is 4.40 Å². The second-order valence-corrected chi connectivity index (χ2v) is 6.57. The monoisotopic (exact) mass is 338 g/mol. The molecule has 0 spiro atoms. The number of H-pyrrole nitrogens is 1. The number of aromatic amines is 1. The summed E-state index contributed by atoms with van der Waals surface area (Å²) in [6.45, 7) is 4.28. The molecular weight excluding hydrogens is 320 g/mol. The van der Waals surface area contributed by atoms with Gasteiger partial charge in [0.2, 0.25) is 5.65 Å². The Hall–Kier alpha value is -3.18. The number of nitrogens with one attached hydrogen (secondary N) is 2. The third-order valence-corrected chi connectivity index (χ3v) is 3.85. The van der Waals surface area contributed by atoms with Crippen LogP contribution in [0.1, 0.15) is 19.4 Å². The van der Waals surface area contributed by atoms with Crippen molar-refractivity contribution in [1.29, 1.82) is 5.26 Å². The molecule has 25 heavy (non-hydrogen) atoms. The number of benzene rings is 1. The maximum absolute atomic E-state index is 12.0. The van der Waals surface area contributed by atoms with Crippen LogP contribution in [0.25, 0.3) is 16.9 Å². The average molecular weight is 338 g/mol. The third kappa shape index (κ3) is 3.36. The molecule has 3 N–H and O–H groups in total. The highest BCUT2D eigenvalue weighted by Crippen LogP contribution is 2.23. The van der Waals surface area contributed by atoms with Crippen LogP contribution in [0.4, 0.5) is 5.82 Å². The number of aliphatic hydroxyl groups is 1. The van der Waals surface area contributed by atoms with E-state index in [9.17, 15) is 9.90 Å². The highest BCUT2D eigenvalue weighted by Gasteiger charge is 2.18. The molecule has 0 radical (unpaired) electrons. The lowest BCUT2D eigenvalue weighted by atomic mass is 9.95. The van der Waals surface area contributed by atoms with Gasteiger partial charge in [0, 0.05) is 30.3 Å². The number of nitrogens with zero attached hydrogens (tertiary/aromatic N) is 4. The molecule has 8 nitrogen and oxygen atoms in total. The molecule has 2 heterocycles. The van der Waals surface area contributed by atoms with Gasteiger partial charge in [-0.2, -0.15) is 5.26 Å². The van der Waals surface area contributed by atoms with Crippen LogP contribution in [0.5, 0.6) is 0 Å². The van der Waals surface area contributed by atoms with E-state index in [2.05, 4.69) is 26.6 Å². The number of hydrogen-bond donors (Lipinski definition) is 3. The minimum atomic E-state index is -0.375. The van der Waals surface area contributed by atoms with E-state index in [0.29, 0.717) is 29.3 Å². The van der Waals surface area contributed by atoms with E-state index in [-0.39, 0.29) is 17.7 Å². The minimum absolute atomic E-state index is 0.00750. The molecule has 2 aromatic heterocycles. The summed E-state index contributed by atoms with van der Waals surface area (Å²) in [5, 5.41) is 28.0. The smallest absolute Gasteiger partial charge is 0.347 e. The normalized spacial score (nSPS) is 11.4. The van der Waals surface area contributed by atoms with Crippen molar-refractivity contribution in [2.24, 2.45) is 5.41 Å². The summed E-state index contributed by atoms with van der Waals surface area (Å²) < 4.78 is 1.37. The molecule has 3 rings (SSSR count). The van der Waals surface area contributed by atoms with Crippen molar-refractivity contribution in [3.05, 3.63) is 46.5 Å². The Bertz CT molecular complexity index is 1010. The molecular formula is C17H18N6O2. The Labute approximate surface area is 143 Å². The maximum atomic E-state index is 12.0. The molecule has 0 saturated heterocycles. The zero-order chi connectivity index (χ0) is 18.0. The first-order valence-corrected chi connectivity index (χ1v) is 7.76. The molecule has 0 aliphatic carbocycles. The Balaban J connectivity index is 2.10. The zero-order valence-electron chi connectivity index (χ0n) is 13.9. The van der Waals surface area contributed by atoms with E-state index in [4.69, 9.17) is 5.26 Å². The van der Waals surface area contributed by atoms with Crippen LogP contribution in [0.2, 0.25) is 0 Å². The van der Waals surface area contributed by atoms with Gasteiger partial charge in [0.1, 0.15) is 0 Å². The number of aromatic nitrogens is 4. The van der Waals surface area contributed by atoms with Crippen LogP contribution < -0.4 is 11.0 Å². The van der Waals surface area contributed by atoms with Gasteiger partial charge in [0.15, 0.2) is 5.82 Å². The molecule has 128 valence electrons.